The van der Waals surface area contributed by atoms with Gasteiger partial charge in [0.1, 0.15) is 5.75 Å². The van der Waals surface area contributed by atoms with Crippen LogP contribution in [-0.2, 0) is 20.0 Å². The van der Waals surface area contributed by atoms with Gasteiger partial charge in [-0.3, -0.25) is 4.99 Å². The standard InChI is InChI=1S/C19H27ClN4O.HI/c1-14-6-7-15(10-18(14)25-5)8-9-22-19(21-2)24(4)13-17-11-16(20)12-23(17)3;/h6-7,10-12H,8-9,13H2,1-5H3,(H,21,22);1H. The summed E-state index contributed by atoms with van der Waals surface area (Å²) in [4.78, 5) is 6.45. The highest BCUT2D eigenvalue weighted by atomic mass is 127. The third-order valence-corrected chi connectivity index (χ3v) is 4.42. The lowest BCUT2D eigenvalue weighted by Crippen LogP contribution is -2.39. The molecule has 1 aromatic carbocycles. The van der Waals surface area contributed by atoms with Gasteiger partial charge in [-0.1, -0.05) is 23.7 Å². The van der Waals surface area contributed by atoms with E-state index in [1.54, 1.807) is 14.2 Å². The van der Waals surface area contributed by atoms with Crippen molar-refractivity contribution in [3.63, 3.8) is 0 Å². The van der Waals surface area contributed by atoms with Gasteiger partial charge in [0, 0.05) is 39.6 Å². The molecule has 1 N–H and O–H groups in total. The van der Waals surface area contributed by atoms with Gasteiger partial charge < -0.3 is 19.5 Å². The zero-order valence-electron chi connectivity index (χ0n) is 16.0. The van der Waals surface area contributed by atoms with E-state index < -0.39 is 0 Å². The quantitative estimate of drug-likeness (QED) is 0.380. The number of benzene rings is 1. The molecule has 0 aliphatic rings. The SMILES string of the molecule is CN=C(NCCc1ccc(C)c(OC)c1)N(C)Cc1cc(Cl)cn1C.I. The molecule has 0 saturated heterocycles. The molecule has 0 aliphatic carbocycles. The van der Waals surface area contributed by atoms with E-state index >= 15 is 0 Å². The van der Waals surface area contributed by atoms with Crippen LogP contribution in [0.5, 0.6) is 5.75 Å². The van der Waals surface area contributed by atoms with Crippen LogP contribution in [0.1, 0.15) is 16.8 Å². The summed E-state index contributed by atoms with van der Waals surface area (Å²) in [5.41, 5.74) is 3.52. The molecule has 1 aromatic heterocycles. The van der Waals surface area contributed by atoms with E-state index in [1.807, 2.05) is 37.8 Å². The maximum atomic E-state index is 6.05. The molecular formula is C19H28ClIN4O. The predicted octanol–water partition coefficient (Wildman–Crippen LogP) is 3.86. The van der Waals surface area contributed by atoms with Gasteiger partial charge in [0.25, 0.3) is 0 Å². The van der Waals surface area contributed by atoms with E-state index in [1.165, 1.54) is 5.56 Å². The summed E-state index contributed by atoms with van der Waals surface area (Å²) in [5, 5.41) is 4.16. The molecule has 5 nitrogen and oxygen atoms in total. The van der Waals surface area contributed by atoms with Gasteiger partial charge in [-0.15, -0.1) is 24.0 Å². The number of aliphatic imine (C=N–C) groups is 1. The monoisotopic (exact) mass is 490 g/mol. The largest absolute Gasteiger partial charge is 0.496 e. The number of nitrogens with one attached hydrogen (secondary N) is 1. The fourth-order valence-electron chi connectivity index (χ4n) is 2.76. The molecule has 2 rings (SSSR count). The van der Waals surface area contributed by atoms with Crippen LogP contribution in [0.2, 0.25) is 5.02 Å². The number of hydrogen-bond donors (Lipinski definition) is 1. The normalized spacial score (nSPS) is 11.1. The Bertz CT molecular complexity index is 745. The Morgan fingerprint density at radius 3 is 2.65 bits per heavy atom. The number of ether oxygens (including phenoxy) is 1. The third-order valence-electron chi connectivity index (χ3n) is 4.22. The smallest absolute Gasteiger partial charge is 0.193 e. The van der Waals surface area contributed by atoms with Crippen molar-refractivity contribution in [1.82, 2.24) is 14.8 Å². The van der Waals surface area contributed by atoms with E-state index in [9.17, 15) is 0 Å². The number of rotatable bonds is 6. The van der Waals surface area contributed by atoms with E-state index in [4.69, 9.17) is 16.3 Å². The molecule has 1 heterocycles. The van der Waals surface area contributed by atoms with Gasteiger partial charge in [-0.05, 0) is 36.6 Å². The van der Waals surface area contributed by atoms with Crippen molar-refractivity contribution in [3.05, 3.63) is 52.3 Å². The number of halogens is 2. The molecule has 0 fully saturated rings. The molecule has 0 aliphatic heterocycles. The number of methoxy groups -OCH3 is 1. The van der Waals surface area contributed by atoms with Crippen molar-refractivity contribution in [1.29, 1.82) is 0 Å². The van der Waals surface area contributed by atoms with E-state index in [-0.39, 0.29) is 24.0 Å². The third kappa shape index (κ3) is 6.09. The highest BCUT2D eigenvalue weighted by Gasteiger charge is 2.09. The summed E-state index contributed by atoms with van der Waals surface area (Å²) in [6.45, 7) is 3.59. The summed E-state index contributed by atoms with van der Waals surface area (Å²) in [7, 11) is 7.52. The van der Waals surface area contributed by atoms with E-state index in [0.29, 0.717) is 0 Å². The fraction of sp³-hybridized carbons (Fsp3) is 0.421. The Labute approximate surface area is 178 Å². The van der Waals surface area contributed by atoms with Crippen LogP contribution in [0.15, 0.2) is 35.5 Å². The second kappa shape index (κ2) is 10.7. The summed E-state index contributed by atoms with van der Waals surface area (Å²) >= 11 is 6.05. The molecule has 0 radical (unpaired) electrons. The zero-order chi connectivity index (χ0) is 18.4. The highest BCUT2D eigenvalue weighted by molar-refractivity contribution is 14.0. The molecule has 0 atom stereocenters. The first-order chi connectivity index (χ1) is 11.9. The van der Waals surface area contributed by atoms with Crippen LogP contribution in [0.4, 0.5) is 0 Å². The number of aryl methyl sites for hydroxylation is 2. The first-order valence-corrected chi connectivity index (χ1v) is 8.68. The predicted molar refractivity (Wildman–Crippen MR) is 120 cm³/mol. The Hall–Kier alpha value is -1.41. The Morgan fingerprint density at radius 1 is 1.35 bits per heavy atom. The lowest BCUT2D eigenvalue weighted by Gasteiger charge is -2.22. The van der Waals surface area contributed by atoms with Gasteiger partial charge in [-0.2, -0.15) is 0 Å². The molecule has 0 bridgehead atoms. The molecule has 7 heteroatoms. The lowest BCUT2D eigenvalue weighted by atomic mass is 10.1. The summed E-state index contributed by atoms with van der Waals surface area (Å²) in [6.07, 6.45) is 2.81. The topological polar surface area (TPSA) is 41.8 Å². The Balaban J connectivity index is 0.00000338. The van der Waals surface area contributed by atoms with Crippen LogP contribution in [-0.4, -0.2) is 43.2 Å². The van der Waals surface area contributed by atoms with Crippen molar-refractivity contribution >= 4 is 41.5 Å². The minimum atomic E-state index is 0. The van der Waals surface area contributed by atoms with Gasteiger partial charge in [0.15, 0.2) is 5.96 Å². The molecule has 144 valence electrons. The second-order valence-electron chi connectivity index (χ2n) is 6.14. The molecule has 2 aromatic rings. The van der Waals surface area contributed by atoms with E-state index in [2.05, 4.69) is 33.4 Å². The molecule has 26 heavy (non-hydrogen) atoms. The molecule has 0 amide bonds. The maximum Gasteiger partial charge on any atom is 0.193 e. The highest BCUT2D eigenvalue weighted by Crippen LogP contribution is 2.19. The minimum Gasteiger partial charge on any atom is -0.496 e. The van der Waals surface area contributed by atoms with Crippen molar-refractivity contribution in [2.75, 3.05) is 27.7 Å². The van der Waals surface area contributed by atoms with Crippen LogP contribution in [0, 0.1) is 6.92 Å². The van der Waals surface area contributed by atoms with Crippen LogP contribution in [0.25, 0.3) is 0 Å². The average Bonchev–Trinajstić information content (AvgIpc) is 2.90. The maximum absolute atomic E-state index is 6.05. The molecule has 0 unspecified atom stereocenters. The summed E-state index contributed by atoms with van der Waals surface area (Å²) in [5.74, 6) is 1.79. The summed E-state index contributed by atoms with van der Waals surface area (Å²) in [6, 6.07) is 8.30. The number of hydrogen-bond acceptors (Lipinski definition) is 2. The van der Waals surface area contributed by atoms with Gasteiger partial charge in [0.2, 0.25) is 0 Å². The van der Waals surface area contributed by atoms with Crippen molar-refractivity contribution in [2.45, 2.75) is 19.9 Å². The molecule has 0 spiro atoms. The molecule has 0 saturated carbocycles. The van der Waals surface area contributed by atoms with Crippen LogP contribution >= 0.6 is 35.6 Å². The first-order valence-electron chi connectivity index (χ1n) is 8.30. The summed E-state index contributed by atoms with van der Waals surface area (Å²) < 4.78 is 7.42. The number of aromatic nitrogens is 1. The van der Waals surface area contributed by atoms with Crippen molar-refractivity contribution in [2.24, 2.45) is 12.0 Å². The Kier molecular flexibility index (Phi) is 9.29. The van der Waals surface area contributed by atoms with Gasteiger partial charge in [-0.25, -0.2) is 0 Å². The first kappa shape index (κ1) is 22.6. The number of nitrogens with zero attached hydrogens (tertiary/aromatic N) is 3. The van der Waals surface area contributed by atoms with Crippen molar-refractivity contribution < 1.29 is 4.74 Å². The van der Waals surface area contributed by atoms with Crippen LogP contribution in [0.3, 0.4) is 0 Å². The minimum absolute atomic E-state index is 0. The second-order valence-corrected chi connectivity index (χ2v) is 6.58. The Morgan fingerprint density at radius 2 is 2.08 bits per heavy atom. The van der Waals surface area contributed by atoms with Crippen molar-refractivity contribution in [3.8, 4) is 5.75 Å². The van der Waals surface area contributed by atoms with Gasteiger partial charge in [0.05, 0.1) is 18.7 Å². The average molecular weight is 491 g/mol. The zero-order valence-corrected chi connectivity index (χ0v) is 19.1. The lowest BCUT2D eigenvalue weighted by molar-refractivity contribution is 0.411. The van der Waals surface area contributed by atoms with Crippen LogP contribution < -0.4 is 10.1 Å². The molecular weight excluding hydrogens is 463 g/mol. The van der Waals surface area contributed by atoms with E-state index in [0.717, 1.165) is 47.5 Å². The van der Waals surface area contributed by atoms with Gasteiger partial charge >= 0.3 is 0 Å². The fourth-order valence-corrected chi connectivity index (χ4v) is 3.04. The number of guanidine groups is 1.